The van der Waals surface area contributed by atoms with Crippen molar-refractivity contribution in [2.45, 2.75) is 26.8 Å². The Kier molecular flexibility index (Phi) is 8.06. The first kappa shape index (κ1) is 23.0. The number of halogens is 1. The average Bonchev–Trinajstić information content (AvgIpc) is 2.68. The summed E-state index contributed by atoms with van der Waals surface area (Å²) in [6.07, 6.45) is 0. The second-order valence-corrected chi connectivity index (χ2v) is 7.18. The monoisotopic (exact) mass is 414 g/mol. The molecule has 0 aliphatic heterocycles. The number of nitrogens with one attached hydrogen (secondary N) is 3. The number of anilines is 2. The Balaban J connectivity index is 1.81. The van der Waals surface area contributed by atoms with Gasteiger partial charge in [-0.25, -0.2) is 4.39 Å². The lowest BCUT2D eigenvalue weighted by molar-refractivity contribution is -0.128. The van der Waals surface area contributed by atoms with Gasteiger partial charge in [0.05, 0.1) is 19.1 Å². The summed E-state index contributed by atoms with van der Waals surface area (Å²) >= 11 is 0. The maximum Gasteiger partial charge on any atom is 0.243 e. The quantitative estimate of drug-likeness (QED) is 0.619. The maximum absolute atomic E-state index is 13.2. The SMILES string of the molecule is Cc1cccc(C)c1NC(=O)CNC(=O)[C@@H](C)N(C)CC(=O)Nc1cccc(F)c1. The van der Waals surface area contributed by atoms with Gasteiger partial charge in [0.15, 0.2) is 0 Å². The molecule has 0 radical (unpaired) electrons. The van der Waals surface area contributed by atoms with Crippen molar-refractivity contribution >= 4 is 29.1 Å². The van der Waals surface area contributed by atoms with Crippen molar-refractivity contribution in [2.75, 3.05) is 30.8 Å². The van der Waals surface area contributed by atoms with Crippen molar-refractivity contribution in [3.63, 3.8) is 0 Å². The minimum absolute atomic E-state index is 0.0697. The Labute approximate surface area is 175 Å². The van der Waals surface area contributed by atoms with E-state index >= 15 is 0 Å². The molecule has 0 saturated heterocycles. The smallest absolute Gasteiger partial charge is 0.243 e. The number of carbonyl (C=O) groups excluding carboxylic acids is 3. The van der Waals surface area contributed by atoms with E-state index < -0.39 is 11.9 Å². The molecule has 2 aromatic rings. The highest BCUT2D eigenvalue weighted by Gasteiger charge is 2.21. The number of amides is 3. The first-order chi connectivity index (χ1) is 14.2. The van der Waals surface area contributed by atoms with Crippen LogP contribution in [0, 0.1) is 19.7 Å². The molecule has 0 aliphatic rings. The van der Waals surface area contributed by atoms with Gasteiger partial charge in [0.25, 0.3) is 0 Å². The number of para-hydroxylation sites is 1. The number of nitrogens with zero attached hydrogens (tertiary/aromatic N) is 1. The summed E-state index contributed by atoms with van der Waals surface area (Å²) in [5, 5.41) is 7.96. The van der Waals surface area contributed by atoms with Crippen molar-refractivity contribution in [2.24, 2.45) is 0 Å². The van der Waals surface area contributed by atoms with Crippen LogP contribution in [0.4, 0.5) is 15.8 Å². The summed E-state index contributed by atoms with van der Waals surface area (Å²) in [4.78, 5) is 38.2. The van der Waals surface area contributed by atoms with Crippen LogP contribution in [-0.2, 0) is 14.4 Å². The summed E-state index contributed by atoms with van der Waals surface area (Å²) in [7, 11) is 1.62. The first-order valence-electron chi connectivity index (χ1n) is 9.57. The third kappa shape index (κ3) is 6.66. The highest BCUT2D eigenvalue weighted by Crippen LogP contribution is 2.19. The molecule has 7 nitrogen and oxygen atoms in total. The lowest BCUT2D eigenvalue weighted by Crippen LogP contribution is -2.47. The van der Waals surface area contributed by atoms with E-state index in [0.29, 0.717) is 5.69 Å². The molecule has 8 heteroatoms. The van der Waals surface area contributed by atoms with E-state index in [1.54, 1.807) is 20.0 Å². The van der Waals surface area contributed by atoms with E-state index in [-0.39, 0.29) is 30.8 Å². The fraction of sp³-hybridized carbons (Fsp3) is 0.318. The third-order valence-corrected chi connectivity index (χ3v) is 4.71. The van der Waals surface area contributed by atoms with Crippen LogP contribution in [0.1, 0.15) is 18.1 Å². The maximum atomic E-state index is 13.2. The Bertz CT molecular complexity index is 912. The van der Waals surface area contributed by atoms with Crippen LogP contribution in [0.2, 0.25) is 0 Å². The first-order valence-corrected chi connectivity index (χ1v) is 9.57. The Morgan fingerprint density at radius 2 is 1.63 bits per heavy atom. The molecule has 30 heavy (non-hydrogen) atoms. The zero-order valence-corrected chi connectivity index (χ0v) is 17.6. The molecule has 2 aromatic carbocycles. The van der Waals surface area contributed by atoms with Gasteiger partial charge in [-0.3, -0.25) is 19.3 Å². The molecule has 3 N–H and O–H groups in total. The molecule has 0 aromatic heterocycles. The van der Waals surface area contributed by atoms with E-state index in [1.165, 1.54) is 23.1 Å². The minimum atomic E-state index is -0.642. The van der Waals surface area contributed by atoms with Crippen molar-refractivity contribution < 1.29 is 18.8 Å². The van der Waals surface area contributed by atoms with Crippen LogP contribution < -0.4 is 16.0 Å². The van der Waals surface area contributed by atoms with Crippen molar-refractivity contribution in [1.29, 1.82) is 0 Å². The molecule has 160 valence electrons. The minimum Gasteiger partial charge on any atom is -0.346 e. The molecule has 0 aliphatic carbocycles. The van der Waals surface area contributed by atoms with Gasteiger partial charge in [0, 0.05) is 11.4 Å². The van der Waals surface area contributed by atoms with Crippen molar-refractivity contribution in [1.82, 2.24) is 10.2 Å². The van der Waals surface area contributed by atoms with Gasteiger partial charge in [-0.15, -0.1) is 0 Å². The topological polar surface area (TPSA) is 90.5 Å². The van der Waals surface area contributed by atoms with Gasteiger partial charge in [-0.2, -0.15) is 0 Å². The Morgan fingerprint density at radius 1 is 1.00 bits per heavy atom. The third-order valence-electron chi connectivity index (χ3n) is 4.71. The molecule has 0 unspecified atom stereocenters. The van der Waals surface area contributed by atoms with Gasteiger partial charge < -0.3 is 16.0 Å². The lowest BCUT2D eigenvalue weighted by Gasteiger charge is -2.23. The van der Waals surface area contributed by atoms with Gasteiger partial charge >= 0.3 is 0 Å². The fourth-order valence-corrected chi connectivity index (χ4v) is 2.84. The fourth-order valence-electron chi connectivity index (χ4n) is 2.84. The number of benzene rings is 2. The van der Waals surface area contributed by atoms with Crippen LogP contribution in [-0.4, -0.2) is 48.8 Å². The van der Waals surface area contributed by atoms with E-state index in [0.717, 1.165) is 16.8 Å². The molecular formula is C22H27FN4O3. The number of rotatable bonds is 8. The Morgan fingerprint density at radius 3 is 2.27 bits per heavy atom. The standard InChI is InChI=1S/C22H27FN4O3/c1-14-7-5-8-15(2)21(14)26-19(28)12-24-22(30)16(3)27(4)13-20(29)25-18-10-6-9-17(23)11-18/h5-11,16H,12-13H2,1-4H3,(H,24,30)(H,25,29)(H,26,28)/t16-/m1/s1. The predicted molar refractivity (Wildman–Crippen MR) is 115 cm³/mol. The second kappa shape index (κ2) is 10.5. The number of aryl methyl sites for hydroxylation is 2. The molecule has 0 fully saturated rings. The number of hydrogen-bond donors (Lipinski definition) is 3. The number of carbonyl (C=O) groups is 3. The average molecular weight is 414 g/mol. The van der Waals surface area contributed by atoms with Crippen LogP contribution in [0.15, 0.2) is 42.5 Å². The summed E-state index contributed by atoms with van der Waals surface area (Å²) < 4.78 is 13.2. The predicted octanol–water partition coefficient (Wildman–Crippen LogP) is 2.46. The van der Waals surface area contributed by atoms with Gasteiger partial charge in [-0.1, -0.05) is 24.3 Å². The number of hydrogen-bond acceptors (Lipinski definition) is 4. The van der Waals surface area contributed by atoms with E-state index in [2.05, 4.69) is 16.0 Å². The summed E-state index contributed by atoms with van der Waals surface area (Å²) in [5.41, 5.74) is 2.95. The summed E-state index contributed by atoms with van der Waals surface area (Å²) in [6.45, 7) is 5.17. The van der Waals surface area contributed by atoms with Crippen LogP contribution >= 0.6 is 0 Å². The van der Waals surface area contributed by atoms with E-state index in [1.807, 2.05) is 32.0 Å². The molecule has 0 saturated carbocycles. The highest BCUT2D eigenvalue weighted by molar-refractivity contribution is 5.96. The number of likely N-dealkylation sites (N-methyl/N-ethyl adjacent to an activating group) is 1. The normalized spacial score (nSPS) is 11.7. The zero-order valence-electron chi connectivity index (χ0n) is 17.6. The molecule has 1 atom stereocenters. The molecule has 3 amide bonds. The highest BCUT2D eigenvalue weighted by atomic mass is 19.1. The molecule has 0 spiro atoms. The van der Waals surface area contributed by atoms with Crippen molar-refractivity contribution in [3.05, 3.63) is 59.4 Å². The second-order valence-electron chi connectivity index (χ2n) is 7.18. The van der Waals surface area contributed by atoms with Gasteiger partial charge in [-0.05, 0) is 57.1 Å². The molecular weight excluding hydrogens is 387 g/mol. The van der Waals surface area contributed by atoms with Crippen LogP contribution in [0.3, 0.4) is 0 Å². The summed E-state index contributed by atoms with van der Waals surface area (Å²) in [6, 6.07) is 10.6. The van der Waals surface area contributed by atoms with Crippen LogP contribution in [0.5, 0.6) is 0 Å². The Hall–Kier alpha value is -3.26. The molecule has 0 heterocycles. The van der Waals surface area contributed by atoms with Crippen LogP contribution in [0.25, 0.3) is 0 Å². The summed E-state index contributed by atoms with van der Waals surface area (Å²) in [5.74, 6) is -1.55. The molecule has 0 bridgehead atoms. The van der Waals surface area contributed by atoms with E-state index in [9.17, 15) is 18.8 Å². The van der Waals surface area contributed by atoms with Gasteiger partial charge in [0.1, 0.15) is 5.82 Å². The largest absolute Gasteiger partial charge is 0.346 e. The van der Waals surface area contributed by atoms with Crippen molar-refractivity contribution in [3.8, 4) is 0 Å². The lowest BCUT2D eigenvalue weighted by atomic mass is 10.1. The van der Waals surface area contributed by atoms with Gasteiger partial charge in [0.2, 0.25) is 17.7 Å². The molecule has 2 rings (SSSR count). The zero-order chi connectivity index (χ0) is 22.3. The van der Waals surface area contributed by atoms with E-state index in [4.69, 9.17) is 0 Å².